The highest BCUT2D eigenvalue weighted by Gasteiger charge is 2.35. The summed E-state index contributed by atoms with van der Waals surface area (Å²) >= 11 is 0. The minimum atomic E-state index is -0.108. The second-order valence-electron chi connectivity index (χ2n) is 5.90. The number of hydrogen-bond donors (Lipinski definition) is 0. The summed E-state index contributed by atoms with van der Waals surface area (Å²) in [6.07, 6.45) is 0.364. The fourth-order valence-electron chi connectivity index (χ4n) is 3.07. The van der Waals surface area contributed by atoms with Gasteiger partial charge < -0.3 is 14.2 Å². The predicted octanol–water partition coefficient (Wildman–Crippen LogP) is 3.27. The maximum Gasteiger partial charge on any atom is 0.232 e. The molecule has 1 aromatic heterocycles. The molecule has 0 aliphatic carbocycles. The number of hydrogen-bond acceptors (Lipinski definition) is 5. The Morgan fingerprint density at radius 2 is 1.88 bits per heavy atom. The highest BCUT2D eigenvalue weighted by Crippen LogP contribution is 2.33. The molecule has 1 atom stereocenters. The zero-order chi connectivity index (χ0) is 17.2. The Morgan fingerprint density at radius 1 is 1.12 bits per heavy atom. The molecule has 4 rings (SSSR count). The Labute approximate surface area is 145 Å². The SMILES string of the molecule is COc1ccccc1-c1noc(C2CC(=O)N(c3ccccc3)C2)n1. The third-order valence-electron chi connectivity index (χ3n) is 4.33. The van der Waals surface area contributed by atoms with E-state index in [-0.39, 0.29) is 11.8 Å². The van der Waals surface area contributed by atoms with Crippen molar-refractivity contribution in [2.24, 2.45) is 0 Å². The van der Waals surface area contributed by atoms with E-state index in [0.29, 0.717) is 30.4 Å². The van der Waals surface area contributed by atoms with Crippen LogP contribution in [-0.2, 0) is 4.79 Å². The number of anilines is 1. The second kappa shape index (κ2) is 6.39. The lowest BCUT2D eigenvalue weighted by Crippen LogP contribution is -2.24. The zero-order valence-corrected chi connectivity index (χ0v) is 13.8. The predicted molar refractivity (Wildman–Crippen MR) is 92.4 cm³/mol. The van der Waals surface area contributed by atoms with Gasteiger partial charge in [0.25, 0.3) is 0 Å². The lowest BCUT2D eigenvalue weighted by Gasteiger charge is -2.15. The van der Waals surface area contributed by atoms with Crippen molar-refractivity contribution in [1.82, 2.24) is 10.1 Å². The van der Waals surface area contributed by atoms with Crippen LogP contribution in [-0.4, -0.2) is 29.7 Å². The van der Waals surface area contributed by atoms with E-state index >= 15 is 0 Å². The number of nitrogens with zero attached hydrogens (tertiary/aromatic N) is 3. The summed E-state index contributed by atoms with van der Waals surface area (Å²) in [4.78, 5) is 18.6. The van der Waals surface area contributed by atoms with Gasteiger partial charge >= 0.3 is 0 Å². The zero-order valence-electron chi connectivity index (χ0n) is 13.8. The molecule has 3 aromatic rings. The van der Waals surface area contributed by atoms with Crippen LogP contribution in [0.25, 0.3) is 11.4 Å². The van der Waals surface area contributed by atoms with Crippen LogP contribution in [0.4, 0.5) is 5.69 Å². The first-order valence-electron chi connectivity index (χ1n) is 8.08. The van der Waals surface area contributed by atoms with E-state index < -0.39 is 0 Å². The molecule has 0 radical (unpaired) electrons. The van der Waals surface area contributed by atoms with Crippen molar-refractivity contribution in [1.29, 1.82) is 0 Å². The fraction of sp³-hybridized carbons (Fsp3) is 0.211. The van der Waals surface area contributed by atoms with Gasteiger partial charge in [-0.25, -0.2) is 0 Å². The third-order valence-corrected chi connectivity index (χ3v) is 4.33. The molecule has 1 unspecified atom stereocenters. The lowest BCUT2D eigenvalue weighted by atomic mass is 10.1. The van der Waals surface area contributed by atoms with Gasteiger partial charge in [0.05, 0.1) is 18.6 Å². The van der Waals surface area contributed by atoms with E-state index in [1.165, 1.54) is 0 Å². The maximum atomic E-state index is 12.4. The molecule has 1 saturated heterocycles. The van der Waals surface area contributed by atoms with Crippen LogP contribution < -0.4 is 9.64 Å². The van der Waals surface area contributed by atoms with Crippen molar-refractivity contribution in [3.63, 3.8) is 0 Å². The van der Waals surface area contributed by atoms with Gasteiger partial charge in [-0.2, -0.15) is 4.98 Å². The minimum Gasteiger partial charge on any atom is -0.496 e. The van der Waals surface area contributed by atoms with Crippen molar-refractivity contribution >= 4 is 11.6 Å². The first-order chi connectivity index (χ1) is 12.3. The maximum absolute atomic E-state index is 12.4. The van der Waals surface area contributed by atoms with E-state index in [1.807, 2.05) is 54.6 Å². The Bertz CT molecular complexity index is 892. The smallest absolute Gasteiger partial charge is 0.232 e. The molecule has 1 fully saturated rings. The molecule has 1 aliphatic rings. The molecule has 0 spiro atoms. The van der Waals surface area contributed by atoms with Crippen LogP contribution in [0.15, 0.2) is 59.1 Å². The quantitative estimate of drug-likeness (QED) is 0.732. The molecule has 2 aromatic carbocycles. The van der Waals surface area contributed by atoms with E-state index in [0.717, 1.165) is 11.3 Å². The van der Waals surface area contributed by atoms with Gasteiger partial charge in [0.2, 0.25) is 17.6 Å². The van der Waals surface area contributed by atoms with Crippen LogP contribution in [0.3, 0.4) is 0 Å². The summed E-state index contributed by atoms with van der Waals surface area (Å²) in [5, 5.41) is 4.07. The van der Waals surface area contributed by atoms with Crippen LogP contribution in [0.1, 0.15) is 18.2 Å². The molecular weight excluding hydrogens is 318 g/mol. The number of carbonyl (C=O) groups excluding carboxylic acids is 1. The standard InChI is InChI=1S/C19H17N3O3/c1-24-16-10-6-5-9-15(16)18-20-19(25-21-18)13-11-17(23)22(12-13)14-7-3-2-4-8-14/h2-10,13H,11-12H2,1H3. The van der Waals surface area contributed by atoms with Gasteiger partial charge in [0.1, 0.15) is 5.75 Å². The summed E-state index contributed by atoms with van der Waals surface area (Å²) in [7, 11) is 1.60. The Hall–Kier alpha value is -3.15. The van der Waals surface area contributed by atoms with Crippen LogP contribution in [0.2, 0.25) is 0 Å². The van der Waals surface area contributed by atoms with E-state index in [4.69, 9.17) is 9.26 Å². The Morgan fingerprint density at radius 3 is 2.68 bits per heavy atom. The summed E-state index contributed by atoms with van der Waals surface area (Å²) < 4.78 is 10.8. The van der Waals surface area contributed by atoms with E-state index in [1.54, 1.807) is 12.0 Å². The van der Waals surface area contributed by atoms with Crippen molar-refractivity contribution in [3.8, 4) is 17.1 Å². The molecule has 25 heavy (non-hydrogen) atoms. The van der Waals surface area contributed by atoms with Gasteiger partial charge in [0.15, 0.2) is 0 Å². The van der Waals surface area contributed by atoms with Gasteiger partial charge in [-0.15, -0.1) is 0 Å². The van der Waals surface area contributed by atoms with Crippen LogP contribution in [0, 0.1) is 0 Å². The van der Waals surface area contributed by atoms with Crippen molar-refractivity contribution in [2.45, 2.75) is 12.3 Å². The number of para-hydroxylation sites is 2. The van der Waals surface area contributed by atoms with Gasteiger partial charge in [0, 0.05) is 18.7 Å². The molecular formula is C19H17N3O3. The number of amides is 1. The minimum absolute atomic E-state index is 0.0632. The molecule has 1 amide bonds. The Kier molecular flexibility index (Phi) is 3.93. The van der Waals surface area contributed by atoms with E-state index in [2.05, 4.69) is 10.1 Å². The number of aromatic nitrogens is 2. The topological polar surface area (TPSA) is 68.5 Å². The van der Waals surface area contributed by atoms with Gasteiger partial charge in [-0.1, -0.05) is 35.5 Å². The van der Waals surface area contributed by atoms with Crippen molar-refractivity contribution in [3.05, 3.63) is 60.5 Å². The largest absolute Gasteiger partial charge is 0.496 e. The van der Waals surface area contributed by atoms with Crippen molar-refractivity contribution < 1.29 is 14.1 Å². The summed E-state index contributed by atoms with van der Waals surface area (Å²) in [5.74, 6) is 1.59. The highest BCUT2D eigenvalue weighted by molar-refractivity contribution is 5.96. The molecule has 1 aliphatic heterocycles. The second-order valence-corrected chi connectivity index (χ2v) is 5.90. The number of carbonyl (C=O) groups is 1. The molecule has 0 bridgehead atoms. The fourth-order valence-corrected chi connectivity index (χ4v) is 3.07. The number of benzene rings is 2. The third kappa shape index (κ3) is 2.87. The number of ether oxygens (including phenoxy) is 1. The van der Waals surface area contributed by atoms with Crippen molar-refractivity contribution in [2.75, 3.05) is 18.6 Å². The monoisotopic (exact) mass is 335 g/mol. The molecule has 0 saturated carbocycles. The average Bonchev–Trinajstić information content (AvgIpc) is 3.29. The van der Waals surface area contributed by atoms with Gasteiger partial charge in [-0.05, 0) is 24.3 Å². The normalized spacial score (nSPS) is 17.1. The molecule has 126 valence electrons. The van der Waals surface area contributed by atoms with E-state index in [9.17, 15) is 4.79 Å². The van der Waals surface area contributed by atoms with Crippen LogP contribution >= 0.6 is 0 Å². The number of methoxy groups -OCH3 is 1. The Balaban J connectivity index is 1.58. The first-order valence-corrected chi connectivity index (χ1v) is 8.08. The molecule has 6 heteroatoms. The first kappa shape index (κ1) is 15.4. The highest BCUT2D eigenvalue weighted by atomic mass is 16.5. The molecule has 2 heterocycles. The summed E-state index contributed by atoms with van der Waals surface area (Å²) in [6, 6.07) is 17.1. The van der Waals surface area contributed by atoms with Crippen LogP contribution in [0.5, 0.6) is 5.75 Å². The molecule has 0 N–H and O–H groups in total. The lowest BCUT2D eigenvalue weighted by molar-refractivity contribution is -0.117. The average molecular weight is 335 g/mol. The molecule has 6 nitrogen and oxygen atoms in total. The summed E-state index contributed by atoms with van der Waals surface area (Å²) in [6.45, 7) is 0.538. The number of rotatable bonds is 4. The van der Waals surface area contributed by atoms with Gasteiger partial charge in [-0.3, -0.25) is 4.79 Å². The summed E-state index contributed by atoms with van der Waals surface area (Å²) in [5.41, 5.74) is 1.66.